The molecule has 0 radical (unpaired) electrons. The van der Waals surface area contributed by atoms with E-state index in [-0.39, 0.29) is 0 Å². The number of aromatic nitrogens is 2. The smallest absolute Gasteiger partial charge is 0.237 e. The predicted molar refractivity (Wildman–Crippen MR) is 101 cm³/mol. The molecule has 0 atom stereocenters. The molecule has 0 aliphatic rings. The molecule has 3 rings (SSSR count). The van der Waals surface area contributed by atoms with E-state index in [4.69, 9.17) is 9.47 Å². The molecule has 3 aromatic rings. The van der Waals surface area contributed by atoms with Crippen LogP contribution in [0.2, 0.25) is 0 Å². The maximum absolute atomic E-state index is 5.65. The largest absolute Gasteiger partial charge is 0.438 e. The Bertz CT molecular complexity index is 792. The number of hydrogen-bond acceptors (Lipinski definition) is 5. The normalized spacial score (nSPS) is 10.7. The second-order valence-corrected chi connectivity index (χ2v) is 5.80. The van der Waals surface area contributed by atoms with Gasteiger partial charge in [0.1, 0.15) is 5.75 Å². The number of benzene rings is 2. The van der Waals surface area contributed by atoms with Crippen molar-refractivity contribution in [1.29, 1.82) is 0 Å². The molecule has 1 N–H and O–H groups in total. The molecule has 0 saturated carbocycles. The highest BCUT2D eigenvalue weighted by molar-refractivity contribution is 5.30. The van der Waals surface area contributed by atoms with Gasteiger partial charge in [0.05, 0.1) is 12.8 Å². The summed E-state index contributed by atoms with van der Waals surface area (Å²) < 4.78 is 11.2. The lowest BCUT2D eigenvalue weighted by molar-refractivity contribution is 0.133. The number of rotatable bonds is 9. The van der Waals surface area contributed by atoms with Crippen LogP contribution >= 0.6 is 0 Å². The van der Waals surface area contributed by atoms with E-state index in [1.165, 1.54) is 16.7 Å². The second-order valence-electron chi connectivity index (χ2n) is 5.80. The molecule has 0 aliphatic carbocycles. The minimum atomic E-state index is 0.490. The summed E-state index contributed by atoms with van der Waals surface area (Å²) in [6, 6.07) is 16.3. The zero-order valence-corrected chi connectivity index (χ0v) is 14.9. The molecule has 0 unspecified atom stereocenters. The Kier molecular flexibility index (Phi) is 6.70. The first kappa shape index (κ1) is 18.0. The summed E-state index contributed by atoms with van der Waals surface area (Å²) in [7, 11) is 0. The number of hydrogen-bond donors (Lipinski definition) is 1. The summed E-state index contributed by atoms with van der Waals surface area (Å²) in [5.41, 5.74) is 3.69. The fourth-order valence-corrected chi connectivity index (χ4v) is 2.56. The van der Waals surface area contributed by atoms with Crippen molar-refractivity contribution < 1.29 is 9.47 Å². The molecular formula is C21H23N3O2. The van der Waals surface area contributed by atoms with Crippen molar-refractivity contribution in [2.75, 3.05) is 6.61 Å². The van der Waals surface area contributed by atoms with Gasteiger partial charge in [-0.15, -0.1) is 0 Å². The van der Waals surface area contributed by atoms with Gasteiger partial charge < -0.3 is 14.8 Å². The minimum absolute atomic E-state index is 0.490. The monoisotopic (exact) mass is 349 g/mol. The highest BCUT2D eigenvalue weighted by Gasteiger charge is 2.02. The number of ether oxygens (including phenoxy) is 2. The first-order valence-electron chi connectivity index (χ1n) is 8.73. The highest BCUT2D eigenvalue weighted by Crippen LogP contribution is 2.18. The van der Waals surface area contributed by atoms with Crippen LogP contribution in [0.1, 0.15) is 23.6 Å². The standard InChI is InChI=1S/C21H23N3O2/c1-2-25-16-19-6-4-3-5-18(19)14-23-13-17-7-9-20(10-8-17)26-21-15-22-11-12-24-21/h3-12,15,23H,2,13-14,16H2,1H3. The van der Waals surface area contributed by atoms with Crippen molar-refractivity contribution in [3.05, 3.63) is 83.8 Å². The Hall–Kier alpha value is -2.76. The van der Waals surface area contributed by atoms with Crippen molar-refractivity contribution in [1.82, 2.24) is 15.3 Å². The molecule has 0 saturated heterocycles. The van der Waals surface area contributed by atoms with Crippen molar-refractivity contribution in [2.45, 2.75) is 26.6 Å². The van der Waals surface area contributed by atoms with E-state index >= 15 is 0 Å². The van der Waals surface area contributed by atoms with Crippen LogP contribution in [-0.4, -0.2) is 16.6 Å². The van der Waals surface area contributed by atoms with E-state index in [0.717, 1.165) is 25.4 Å². The van der Waals surface area contributed by atoms with Gasteiger partial charge in [-0.3, -0.25) is 4.98 Å². The van der Waals surface area contributed by atoms with Gasteiger partial charge in [-0.05, 0) is 35.7 Å². The lowest BCUT2D eigenvalue weighted by atomic mass is 10.1. The molecule has 134 valence electrons. The second kappa shape index (κ2) is 9.65. The van der Waals surface area contributed by atoms with Gasteiger partial charge in [-0.2, -0.15) is 0 Å². The number of nitrogens with zero attached hydrogens (tertiary/aromatic N) is 2. The summed E-state index contributed by atoms with van der Waals surface area (Å²) in [6.07, 6.45) is 4.82. The van der Waals surface area contributed by atoms with Crippen molar-refractivity contribution in [2.24, 2.45) is 0 Å². The van der Waals surface area contributed by atoms with E-state index in [1.54, 1.807) is 18.6 Å². The maximum atomic E-state index is 5.65. The molecule has 1 heterocycles. The summed E-state index contributed by atoms with van der Waals surface area (Å²) in [5.74, 6) is 1.24. The van der Waals surface area contributed by atoms with Crippen LogP contribution in [0, 0.1) is 0 Å². The van der Waals surface area contributed by atoms with Crippen LogP contribution in [0.5, 0.6) is 11.6 Å². The summed E-state index contributed by atoms with van der Waals surface area (Å²) in [5, 5.41) is 3.49. The quantitative estimate of drug-likeness (QED) is 0.630. The molecule has 0 bridgehead atoms. The van der Waals surface area contributed by atoms with Gasteiger partial charge in [0.25, 0.3) is 0 Å². The molecular weight excluding hydrogens is 326 g/mol. The van der Waals surface area contributed by atoms with E-state index in [1.807, 2.05) is 37.3 Å². The third kappa shape index (κ3) is 5.37. The van der Waals surface area contributed by atoms with Gasteiger partial charge in [0, 0.05) is 32.1 Å². The van der Waals surface area contributed by atoms with Gasteiger partial charge in [-0.25, -0.2) is 4.98 Å². The summed E-state index contributed by atoms with van der Waals surface area (Å²) >= 11 is 0. The van der Waals surface area contributed by atoms with Crippen molar-refractivity contribution in [3.63, 3.8) is 0 Å². The van der Waals surface area contributed by atoms with Gasteiger partial charge in [0.2, 0.25) is 5.88 Å². The molecule has 5 nitrogen and oxygen atoms in total. The van der Waals surface area contributed by atoms with Crippen molar-refractivity contribution >= 4 is 0 Å². The average molecular weight is 349 g/mol. The molecule has 5 heteroatoms. The van der Waals surface area contributed by atoms with Crippen LogP contribution in [0.3, 0.4) is 0 Å². The molecule has 0 spiro atoms. The summed E-state index contributed by atoms with van der Waals surface area (Å²) in [6.45, 7) is 4.99. The Morgan fingerprint density at radius 2 is 1.73 bits per heavy atom. The topological polar surface area (TPSA) is 56.3 Å². The Morgan fingerprint density at radius 3 is 2.46 bits per heavy atom. The Morgan fingerprint density at radius 1 is 0.923 bits per heavy atom. The lowest BCUT2D eigenvalue weighted by Gasteiger charge is -2.11. The molecule has 0 amide bonds. The molecule has 26 heavy (non-hydrogen) atoms. The lowest BCUT2D eigenvalue weighted by Crippen LogP contribution is -2.14. The van der Waals surface area contributed by atoms with Crippen LogP contribution < -0.4 is 10.1 Å². The van der Waals surface area contributed by atoms with Gasteiger partial charge in [-0.1, -0.05) is 36.4 Å². The zero-order chi connectivity index (χ0) is 18.0. The third-order valence-corrected chi connectivity index (χ3v) is 3.91. The van der Waals surface area contributed by atoms with Crippen LogP contribution in [0.15, 0.2) is 67.1 Å². The number of nitrogens with one attached hydrogen (secondary N) is 1. The van der Waals surface area contributed by atoms with E-state index in [0.29, 0.717) is 12.5 Å². The van der Waals surface area contributed by atoms with Crippen molar-refractivity contribution in [3.8, 4) is 11.6 Å². The summed E-state index contributed by atoms with van der Waals surface area (Å²) in [4.78, 5) is 8.09. The average Bonchev–Trinajstić information content (AvgIpc) is 2.69. The van der Waals surface area contributed by atoms with Crippen LogP contribution in [-0.2, 0) is 24.4 Å². The zero-order valence-electron chi connectivity index (χ0n) is 14.9. The van der Waals surface area contributed by atoms with E-state index in [2.05, 4.69) is 33.5 Å². The van der Waals surface area contributed by atoms with Gasteiger partial charge >= 0.3 is 0 Å². The molecule has 0 fully saturated rings. The molecule has 2 aromatic carbocycles. The fourth-order valence-electron chi connectivity index (χ4n) is 2.56. The van der Waals surface area contributed by atoms with Crippen LogP contribution in [0.4, 0.5) is 0 Å². The maximum Gasteiger partial charge on any atom is 0.237 e. The SMILES string of the molecule is CCOCc1ccccc1CNCc1ccc(Oc2cnccn2)cc1. The fraction of sp³-hybridized carbons (Fsp3) is 0.238. The first-order valence-corrected chi connectivity index (χ1v) is 8.73. The van der Waals surface area contributed by atoms with Gasteiger partial charge in [0.15, 0.2) is 0 Å². The minimum Gasteiger partial charge on any atom is -0.438 e. The van der Waals surface area contributed by atoms with E-state index in [9.17, 15) is 0 Å². The highest BCUT2D eigenvalue weighted by atomic mass is 16.5. The third-order valence-electron chi connectivity index (χ3n) is 3.91. The van der Waals surface area contributed by atoms with E-state index < -0.39 is 0 Å². The first-order chi connectivity index (χ1) is 12.8. The predicted octanol–water partition coefficient (Wildman–Crippen LogP) is 4.10. The van der Waals surface area contributed by atoms with Crippen LogP contribution in [0.25, 0.3) is 0 Å². The molecule has 1 aromatic heterocycles. The molecule has 0 aliphatic heterocycles. The Balaban J connectivity index is 1.51. The Labute approximate surface area is 154 Å².